The molecule has 2 aromatic rings. The number of ether oxygens (including phenoxy) is 1. The molecule has 1 N–H and O–H groups in total. The molecule has 1 amide bonds. The number of anilines is 1. The van der Waals surface area contributed by atoms with E-state index >= 15 is 0 Å². The van der Waals surface area contributed by atoms with Crippen LogP contribution in [0, 0.1) is 6.92 Å². The van der Waals surface area contributed by atoms with E-state index in [-0.39, 0.29) is 17.4 Å². The molecule has 0 saturated carbocycles. The van der Waals surface area contributed by atoms with Gasteiger partial charge in [-0.25, -0.2) is 4.79 Å². The minimum absolute atomic E-state index is 0.252. The molecule has 2 aromatic carbocycles. The molecule has 0 heterocycles. The molecule has 0 fully saturated rings. The number of nitrogens with one attached hydrogen (secondary N) is 1. The molecule has 0 unspecified atom stereocenters. The van der Waals surface area contributed by atoms with E-state index in [0.29, 0.717) is 5.02 Å². The summed E-state index contributed by atoms with van der Waals surface area (Å²) < 4.78 is 5.35. The highest BCUT2D eigenvalue weighted by molar-refractivity contribution is 7.98. The molecule has 1 atom stereocenters. The van der Waals surface area contributed by atoms with Crippen molar-refractivity contribution in [1.82, 2.24) is 0 Å². The Morgan fingerprint density at radius 3 is 2.48 bits per heavy atom. The fraction of sp³-hybridized carbons (Fsp3) is 0.333. The SMILES string of the molecule is CSc1ccc(Cl)c(C(=O)O[C@H](C)C(=O)Nc2c(C)cccc2C(C)C)c1. The van der Waals surface area contributed by atoms with Crippen molar-refractivity contribution in [3.8, 4) is 0 Å². The maximum Gasteiger partial charge on any atom is 0.340 e. The molecule has 0 aliphatic rings. The lowest BCUT2D eigenvalue weighted by Gasteiger charge is -2.19. The summed E-state index contributed by atoms with van der Waals surface area (Å²) in [5, 5.41) is 3.20. The minimum atomic E-state index is -0.953. The van der Waals surface area contributed by atoms with Crippen molar-refractivity contribution in [2.75, 3.05) is 11.6 Å². The number of aryl methyl sites for hydroxylation is 1. The number of amides is 1. The van der Waals surface area contributed by atoms with E-state index in [2.05, 4.69) is 19.2 Å². The first kappa shape index (κ1) is 21.3. The highest BCUT2D eigenvalue weighted by Gasteiger charge is 2.22. The first-order valence-corrected chi connectivity index (χ1v) is 10.3. The summed E-state index contributed by atoms with van der Waals surface area (Å²) in [5.74, 6) is -0.741. The van der Waals surface area contributed by atoms with Crippen molar-refractivity contribution in [3.63, 3.8) is 0 Å². The van der Waals surface area contributed by atoms with Gasteiger partial charge in [0.1, 0.15) is 0 Å². The maximum absolute atomic E-state index is 12.6. The lowest BCUT2D eigenvalue weighted by molar-refractivity contribution is -0.123. The number of para-hydroxylation sites is 1. The Kier molecular flexibility index (Phi) is 7.33. The van der Waals surface area contributed by atoms with Crippen LogP contribution in [-0.4, -0.2) is 24.2 Å². The van der Waals surface area contributed by atoms with Gasteiger partial charge in [-0.1, -0.05) is 43.6 Å². The molecule has 0 aliphatic heterocycles. The van der Waals surface area contributed by atoms with Crippen molar-refractivity contribution in [3.05, 3.63) is 58.1 Å². The molecule has 0 aromatic heterocycles. The van der Waals surface area contributed by atoms with E-state index in [0.717, 1.165) is 21.7 Å². The first-order chi connectivity index (χ1) is 12.7. The predicted octanol–water partition coefficient (Wildman–Crippen LogP) is 5.68. The van der Waals surface area contributed by atoms with Gasteiger partial charge in [0.25, 0.3) is 5.91 Å². The number of hydrogen-bond donors (Lipinski definition) is 1. The summed E-state index contributed by atoms with van der Waals surface area (Å²) in [7, 11) is 0. The van der Waals surface area contributed by atoms with Crippen LogP contribution in [0.1, 0.15) is 48.2 Å². The van der Waals surface area contributed by atoms with Crippen LogP contribution in [0.25, 0.3) is 0 Å². The van der Waals surface area contributed by atoms with E-state index in [9.17, 15) is 9.59 Å². The Morgan fingerprint density at radius 1 is 1.15 bits per heavy atom. The fourth-order valence-corrected chi connectivity index (χ4v) is 3.27. The van der Waals surface area contributed by atoms with Crippen LogP contribution in [0.15, 0.2) is 41.3 Å². The number of rotatable bonds is 6. The standard InChI is InChI=1S/C21H24ClNO3S/c1-12(2)16-8-6-7-13(3)19(16)23-20(24)14(4)26-21(25)17-11-15(27-5)9-10-18(17)22/h6-12,14H,1-5H3,(H,23,24)/t14-/m1/s1. The lowest BCUT2D eigenvalue weighted by atomic mass is 9.98. The summed E-state index contributed by atoms with van der Waals surface area (Å²) >= 11 is 7.60. The summed E-state index contributed by atoms with van der Waals surface area (Å²) in [5.41, 5.74) is 3.02. The second-order valence-corrected chi connectivity index (χ2v) is 7.86. The van der Waals surface area contributed by atoms with Crippen molar-refractivity contribution in [1.29, 1.82) is 0 Å². The minimum Gasteiger partial charge on any atom is -0.449 e. The Morgan fingerprint density at radius 2 is 1.85 bits per heavy atom. The van der Waals surface area contributed by atoms with E-state index in [4.69, 9.17) is 16.3 Å². The normalized spacial score (nSPS) is 12.0. The third kappa shape index (κ3) is 5.27. The topological polar surface area (TPSA) is 55.4 Å². The highest BCUT2D eigenvalue weighted by atomic mass is 35.5. The number of carbonyl (C=O) groups excluding carboxylic acids is 2. The Hall–Kier alpha value is -1.98. The van der Waals surface area contributed by atoms with Crippen molar-refractivity contribution >= 4 is 40.9 Å². The summed E-state index contributed by atoms with van der Waals surface area (Å²) in [6.07, 6.45) is 0.953. The van der Waals surface area contributed by atoms with Gasteiger partial charge in [-0.05, 0) is 55.3 Å². The van der Waals surface area contributed by atoms with Gasteiger partial charge in [-0.2, -0.15) is 0 Å². The van der Waals surface area contributed by atoms with Gasteiger partial charge < -0.3 is 10.1 Å². The molecule has 27 heavy (non-hydrogen) atoms. The van der Waals surface area contributed by atoms with Crippen molar-refractivity contribution < 1.29 is 14.3 Å². The third-order valence-electron chi connectivity index (χ3n) is 4.22. The molecule has 144 valence electrons. The first-order valence-electron chi connectivity index (χ1n) is 8.69. The molecule has 0 bridgehead atoms. The second-order valence-electron chi connectivity index (χ2n) is 6.58. The van der Waals surface area contributed by atoms with Crippen LogP contribution in [0.3, 0.4) is 0 Å². The number of esters is 1. The van der Waals surface area contributed by atoms with Crippen LogP contribution >= 0.6 is 23.4 Å². The average Bonchev–Trinajstić information content (AvgIpc) is 2.63. The molecule has 6 heteroatoms. The molecule has 0 radical (unpaired) electrons. The van der Waals surface area contributed by atoms with Gasteiger partial charge in [-0.15, -0.1) is 11.8 Å². The number of carbonyl (C=O) groups is 2. The summed E-state index contributed by atoms with van der Waals surface area (Å²) in [6.45, 7) is 7.61. The Bertz CT molecular complexity index is 851. The number of hydrogen-bond acceptors (Lipinski definition) is 4. The summed E-state index contributed by atoms with van der Waals surface area (Å²) in [6, 6.07) is 11.0. The lowest BCUT2D eigenvalue weighted by Crippen LogP contribution is -2.30. The van der Waals surface area contributed by atoms with Gasteiger partial charge in [0.2, 0.25) is 0 Å². The van der Waals surface area contributed by atoms with Crippen molar-refractivity contribution in [2.45, 2.75) is 44.6 Å². The van der Waals surface area contributed by atoms with E-state index in [1.807, 2.05) is 37.4 Å². The quantitative estimate of drug-likeness (QED) is 0.496. The van der Waals surface area contributed by atoms with Gasteiger partial charge in [-0.3, -0.25) is 4.79 Å². The van der Waals surface area contributed by atoms with Crippen LogP contribution < -0.4 is 5.32 Å². The van der Waals surface area contributed by atoms with Crippen LogP contribution in [0.4, 0.5) is 5.69 Å². The number of halogens is 1. The van der Waals surface area contributed by atoms with E-state index in [1.165, 1.54) is 11.8 Å². The van der Waals surface area contributed by atoms with Gasteiger partial charge in [0.05, 0.1) is 10.6 Å². The molecular weight excluding hydrogens is 382 g/mol. The maximum atomic E-state index is 12.6. The van der Waals surface area contributed by atoms with Gasteiger partial charge >= 0.3 is 5.97 Å². The summed E-state index contributed by atoms with van der Waals surface area (Å²) in [4.78, 5) is 25.9. The van der Waals surface area contributed by atoms with E-state index < -0.39 is 12.1 Å². The molecule has 2 rings (SSSR count). The fourth-order valence-electron chi connectivity index (χ4n) is 2.63. The largest absolute Gasteiger partial charge is 0.449 e. The average molecular weight is 406 g/mol. The van der Waals surface area contributed by atoms with Crippen molar-refractivity contribution in [2.24, 2.45) is 0 Å². The zero-order valence-electron chi connectivity index (χ0n) is 16.1. The molecule has 0 spiro atoms. The van der Waals surface area contributed by atoms with Crippen LogP contribution in [-0.2, 0) is 9.53 Å². The van der Waals surface area contributed by atoms with Gasteiger partial charge in [0, 0.05) is 10.6 Å². The van der Waals surface area contributed by atoms with Crippen LogP contribution in [0.2, 0.25) is 5.02 Å². The van der Waals surface area contributed by atoms with Crippen LogP contribution in [0.5, 0.6) is 0 Å². The number of benzene rings is 2. The Balaban J connectivity index is 2.14. The van der Waals surface area contributed by atoms with Gasteiger partial charge in [0.15, 0.2) is 6.10 Å². The zero-order valence-corrected chi connectivity index (χ0v) is 17.7. The Labute approximate surface area is 169 Å². The highest BCUT2D eigenvalue weighted by Crippen LogP contribution is 2.28. The molecule has 0 aliphatic carbocycles. The third-order valence-corrected chi connectivity index (χ3v) is 5.28. The molecule has 4 nitrogen and oxygen atoms in total. The molecule has 0 saturated heterocycles. The number of thioether (sulfide) groups is 1. The molecular formula is C21H24ClNO3S. The smallest absolute Gasteiger partial charge is 0.340 e. The monoisotopic (exact) mass is 405 g/mol. The van der Waals surface area contributed by atoms with E-state index in [1.54, 1.807) is 19.1 Å². The zero-order chi connectivity index (χ0) is 20.1. The predicted molar refractivity (Wildman–Crippen MR) is 112 cm³/mol. The second kappa shape index (κ2) is 9.29.